The lowest BCUT2D eigenvalue weighted by Gasteiger charge is -2.10. The number of aliphatic hydroxyl groups is 1. The minimum Gasteiger partial charge on any atom is -0.496 e. The monoisotopic (exact) mass is 257 g/mol. The molecule has 2 N–H and O–H groups in total. The van der Waals surface area contributed by atoms with Crippen molar-refractivity contribution in [2.75, 3.05) is 12.4 Å². The lowest BCUT2D eigenvalue weighted by molar-refractivity contribution is 0.282. The van der Waals surface area contributed by atoms with E-state index in [0.29, 0.717) is 0 Å². The standard InChI is InChI=1S/C16H19NO2/c1-12-8-13(6-7-16(12)19-2)10-17-15-5-3-4-14(9-15)11-18/h3-9,17-18H,10-11H2,1-2H3. The van der Waals surface area contributed by atoms with Crippen molar-refractivity contribution >= 4 is 5.69 Å². The molecule has 0 spiro atoms. The molecule has 0 saturated heterocycles. The molecule has 3 heteroatoms. The molecule has 3 nitrogen and oxygen atoms in total. The highest BCUT2D eigenvalue weighted by atomic mass is 16.5. The van der Waals surface area contributed by atoms with Gasteiger partial charge in [0.15, 0.2) is 0 Å². The van der Waals surface area contributed by atoms with Gasteiger partial charge in [-0.15, -0.1) is 0 Å². The van der Waals surface area contributed by atoms with Crippen LogP contribution in [0.1, 0.15) is 16.7 Å². The number of aryl methyl sites for hydroxylation is 1. The molecule has 0 atom stereocenters. The van der Waals surface area contributed by atoms with Crippen molar-refractivity contribution in [2.45, 2.75) is 20.1 Å². The van der Waals surface area contributed by atoms with Gasteiger partial charge in [-0.1, -0.05) is 24.3 Å². The van der Waals surface area contributed by atoms with E-state index in [-0.39, 0.29) is 6.61 Å². The van der Waals surface area contributed by atoms with Crippen LogP contribution in [0, 0.1) is 6.92 Å². The summed E-state index contributed by atoms with van der Waals surface area (Å²) in [4.78, 5) is 0. The summed E-state index contributed by atoms with van der Waals surface area (Å²) in [7, 11) is 1.68. The SMILES string of the molecule is COc1ccc(CNc2cccc(CO)c2)cc1C. The summed E-state index contributed by atoms with van der Waals surface area (Å²) >= 11 is 0. The van der Waals surface area contributed by atoms with Crippen molar-refractivity contribution in [3.63, 3.8) is 0 Å². The smallest absolute Gasteiger partial charge is 0.121 e. The van der Waals surface area contributed by atoms with E-state index in [2.05, 4.69) is 17.4 Å². The van der Waals surface area contributed by atoms with Gasteiger partial charge in [-0.3, -0.25) is 0 Å². The summed E-state index contributed by atoms with van der Waals surface area (Å²) in [5.74, 6) is 0.908. The molecule has 0 heterocycles. The quantitative estimate of drug-likeness (QED) is 0.864. The van der Waals surface area contributed by atoms with E-state index in [0.717, 1.165) is 29.1 Å². The second-order valence-corrected chi connectivity index (χ2v) is 4.52. The molecule has 2 aromatic carbocycles. The van der Waals surface area contributed by atoms with E-state index in [4.69, 9.17) is 9.84 Å². The van der Waals surface area contributed by atoms with Crippen LogP contribution in [0.25, 0.3) is 0 Å². The summed E-state index contributed by atoms with van der Waals surface area (Å²) < 4.78 is 5.24. The number of nitrogens with one attached hydrogen (secondary N) is 1. The van der Waals surface area contributed by atoms with Crippen LogP contribution in [0.2, 0.25) is 0 Å². The van der Waals surface area contributed by atoms with Crippen molar-refractivity contribution in [3.8, 4) is 5.75 Å². The van der Waals surface area contributed by atoms with E-state index in [9.17, 15) is 0 Å². The number of anilines is 1. The molecule has 0 saturated carbocycles. The molecule has 0 unspecified atom stereocenters. The van der Waals surface area contributed by atoms with E-state index in [1.807, 2.05) is 37.3 Å². The summed E-state index contributed by atoms with van der Waals surface area (Å²) in [5, 5.41) is 12.4. The number of methoxy groups -OCH3 is 1. The molecule has 2 aromatic rings. The van der Waals surface area contributed by atoms with E-state index >= 15 is 0 Å². The number of aliphatic hydroxyl groups excluding tert-OH is 1. The molecule has 0 aromatic heterocycles. The van der Waals surface area contributed by atoms with Gasteiger partial charge in [0.2, 0.25) is 0 Å². The maximum atomic E-state index is 9.10. The first-order valence-corrected chi connectivity index (χ1v) is 6.30. The molecule has 0 radical (unpaired) electrons. The zero-order chi connectivity index (χ0) is 13.7. The third-order valence-corrected chi connectivity index (χ3v) is 3.07. The van der Waals surface area contributed by atoms with Gasteiger partial charge < -0.3 is 15.2 Å². The van der Waals surface area contributed by atoms with Crippen molar-refractivity contribution in [1.82, 2.24) is 0 Å². The van der Waals surface area contributed by atoms with Gasteiger partial charge in [-0.25, -0.2) is 0 Å². The van der Waals surface area contributed by atoms with Crippen LogP contribution in [-0.4, -0.2) is 12.2 Å². The Morgan fingerprint density at radius 1 is 1.11 bits per heavy atom. The minimum atomic E-state index is 0.0666. The van der Waals surface area contributed by atoms with Crippen LogP contribution in [0.5, 0.6) is 5.75 Å². The Labute approximate surface area is 113 Å². The van der Waals surface area contributed by atoms with Crippen LogP contribution in [-0.2, 0) is 13.2 Å². The fourth-order valence-corrected chi connectivity index (χ4v) is 2.03. The van der Waals surface area contributed by atoms with Crippen molar-refractivity contribution in [2.24, 2.45) is 0 Å². The first-order chi connectivity index (χ1) is 9.22. The summed E-state index contributed by atoms with van der Waals surface area (Å²) in [6, 6.07) is 13.9. The van der Waals surface area contributed by atoms with E-state index < -0.39 is 0 Å². The normalized spacial score (nSPS) is 10.3. The number of ether oxygens (including phenoxy) is 1. The first kappa shape index (κ1) is 13.4. The number of hydrogen-bond donors (Lipinski definition) is 2. The lowest BCUT2D eigenvalue weighted by atomic mass is 10.1. The average molecular weight is 257 g/mol. The summed E-state index contributed by atoms with van der Waals surface area (Å²) in [6.07, 6.45) is 0. The van der Waals surface area contributed by atoms with E-state index in [1.54, 1.807) is 7.11 Å². The Bertz CT molecular complexity index is 552. The number of rotatable bonds is 5. The fraction of sp³-hybridized carbons (Fsp3) is 0.250. The van der Waals surface area contributed by atoms with Gasteiger partial charge in [0.1, 0.15) is 5.75 Å². The predicted octanol–water partition coefficient (Wildman–Crippen LogP) is 3.11. The highest BCUT2D eigenvalue weighted by molar-refractivity contribution is 5.46. The zero-order valence-electron chi connectivity index (χ0n) is 11.3. The molecule has 100 valence electrons. The van der Waals surface area contributed by atoms with Crippen molar-refractivity contribution < 1.29 is 9.84 Å². The van der Waals surface area contributed by atoms with Gasteiger partial charge in [-0.05, 0) is 41.8 Å². The molecule has 0 aliphatic heterocycles. The largest absolute Gasteiger partial charge is 0.496 e. The maximum Gasteiger partial charge on any atom is 0.121 e. The molecular weight excluding hydrogens is 238 g/mol. The van der Waals surface area contributed by atoms with Gasteiger partial charge in [-0.2, -0.15) is 0 Å². The average Bonchev–Trinajstić information content (AvgIpc) is 2.45. The van der Waals surface area contributed by atoms with Crippen LogP contribution in [0.15, 0.2) is 42.5 Å². The Kier molecular flexibility index (Phi) is 4.42. The molecule has 19 heavy (non-hydrogen) atoms. The van der Waals surface area contributed by atoms with Crippen LogP contribution in [0.3, 0.4) is 0 Å². The van der Waals surface area contributed by atoms with Gasteiger partial charge in [0.25, 0.3) is 0 Å². The Balaban J connectivity index is 2.03. The van der Waals surface area contributed by atoms with Crippen molar-refractivity contribution in [3.05, 3.63) is 59.2 Å². The summed E-state index contributed by atoms with van der Waals surface area (Å²) in [5.41, 5.74) is 4.26. The molecule has 0 aliphatic rings. The fourth-order valence-electron chi connectivity index (χ4n) is 2.03. The summed E-state index contributed by atoms with van der Waals surface area (Å²) in [6.45, 7) is 2.85. The van der Waals surface area contributed by atoms with Gasteiger partial charge >= 0.3 is 0 Å². The Morgan fingerprint density at radius 2 is 1.95 bits per heavy atom. The zero-order valence-corrected chi connectivity index (χ0v) is 11.3. The van der Waals surface area contributed by atoms with Gasteiger partial charge in [0.05, 0.1) is 13.7 Å². The molecular formula is C16H19NO2. The minimum absolute atomic E-state index is 0.0666. The molecule has 0 fully saturated rings. The second-order valence-electron chi connectivity index (χ2n) is 4.52. The third kappa shape index (κ3) is 3.48. The first-order valence-electron chi connectivity index (χ1n) is 6.30. The number of hydrogen-bond acceptors (Lipinski definition) is 3. The third-order valence-electron chi connectivity index (χ3n) is 3.07. The van der Waals surface area contributed by atoms with Gasteiger partial charge in [0, 0.05) is 12.2 Å². The molecule has 0 aliphatic carbocycles. The Hall–Kier alpha value is -2.00. The maximum absolute atomic E-state index is 9.10. The van der Waals surface area contributed by atoms with E-state index in [1.165, 1.54) is 5.56 Å². The topological polar surface area (TPSA) is 41.5 Å². The number of benzene rings is 2. The van der Waals surface area contributed by atoms with Crippen LogP contribution >= 0.6 is 0 Å². The lowest BCUT2D eigenvalue weighted by Crippen LogP contribution is -2.00. The highest BCUT2D eigenvalue weighted by Crippen LogP contribution is 2.19. The molecule has 0 bridgehead atoms. The molecule has 2 rings (SSSR count). The Morgan fingerprint density at radius 3 is 2.63 bits per heavy atom. The van der Waals surface area contributed by atoms with Crippen molar-refractivity contribution in [1.29, 1.82) is 0 Å². The molecule has 0 amide bonds. The van der Waals surface area contributed by atoms with Crippen LogP contribution in [0.4, 0.5) is 5.69 Å². The second kappa shape index (κ2) is 6.25. The van der Waals surface area contributed by atoms with Crippen LogP contribution < -0.4 is 10.1 Å². The highest BCUT2D eigenvalue weighted by Gasteiger charge is 2.00. The predicted molar refractivity (Wildman–Crippen MR) is 77.4 cm³/mol.